The number of hydrogen-bond donors (Lipinski definition) is 0. The van der Waals surface area contributed by atoms with Crippen molar-refractivity contribution < 1.29 is 16.8 Å². The van der Waals surface area contributed by atoms with Crippen molar-refractivity contribution in [2.24, 2.45) is 0 Å². The first-order chi connectivity index (χ1) is 17.7. The third-order valence-corrected chi connectivity index (χ3v) is 9.12. The summed E-state index contributed by atoms with van der Waals surface area (Å²) in [5, 5.41) is 2.68. The van der Waals surface area contributed by atoms with Gasteiger partial charge in [0.2, 0.25) is 15.0 Å². The van der Waals surface area contributed by atoms with Crippen molar-refractivity contribution in [3.8, 4) is 22.0 Å². The lowest BCUT2D eigenvalue weighted by atomic mass is 10.0. The number of hydrogen-bond acceptors (Lipinski definition) is 9. The first-order valence-corrected chi connectivity index (χ1v) is 15.7. The van der Waals surface area contributed by atoms with Gasteiger partial charge in [-0.1, -0.05) is 31.5 Å². The molecular formula is C25H23N5O4S3. The summed E-state index contributed by atoms with van der Waals surface area (Å²) >= 11 is 1.39. The molecule has 0 aliphatic carbocycles. The maximum atomic E-state index is 13.8. The van der Waals surface area contributed by atoms with Gasteiger partial charge in [0.15, 0.2) is 5.65 Å². The fraction of sp³-hybridized carbons (Fsp3) is 0.200. The molecule has 12 heteroatoms. The number of sulfone groups is 1. The molecule has 0 N–H and O–H groups in total. The van der Waals surface area contributed by atoms with Gasteiger partial charge >= 0.3 is 0 Å². The Labute approximate surface area is 218 Å². The zero-order valence-corrected chi connectivity index (χ0v) is 22.5. The predicted octanol–water partition coefficient (Wildman–Crippen LogP) is 4.60. The number of pyridine rings is 1. The number of aromatic nitrogens is 5. The second kappa shape index (κ2) is 9.77. The predicted molar refractivity (Wildman–Crippen MR) is 143 cm³/mol. The van der Waals surface area contributed by atoms with E-state index in [4.69, 9.17) is 0 Å². The Morgan fingerprint density at radius 3 is 2.43 bits per heavy atom. The summed E-state index contributed by atoms with van der Waals surface area (Å²) in [4.78, 5) is 17.6. The Balaban J connectivity index is 1.82. The van der Waals surface area contributed by atoms with Crippen molar-refractivity contribution in [2.75, 3.05) is 6.26 Å². The Bertz CT molecular complexity index is 1800. The summed E-state index contributed by atoms with van der Waals surface area (Å²) in [7, 11) is -7.73. The highest BCUT2D eigenvalue weighted by Crippen LogP contribution is 2.35. The molecule has 0 aliphatic heterocycles. The van der Waals surface area contributed by atoms with Crippen molar-refractivity contribution in [1.82, 2.24) is 23.9 Å². The number of nitrogens with zero attached hydrogens (tertiary/aromatic N) is 5. The Morgan fingerprint density at radius 2 is 1.76 bits per heavy atom. The number of fused-ring (bicyclic) bond motifs is 1. The van der Waals surface area contributed by atoms with Crippen LogP contribution in [0.3, 0.4) is 0 Å². The van der Waals surface area contributed by atoms with Crippen molar-refractivity contribution in [3.63, 3.8) is 0 Å². The summed E-state index contributed by atoms with van der Waals surface area (Å²) in [6.07, 6.45) is 8.04. The monoisotopic (exact) mass is 553 g/mol. The largest absolute Gasteiger partial charge is 0.269 e. The molecule has 0 atom stereocenters. The summed E-state index contributed by atoms with van der Waals surface area (Å²) in [5.41, 5.74) is 2.30. The smallest absolute Gasteiger partial charge is 0.243 e. The molecule has 0 aliphatic rings. The molecule has 0 saturated carbocycles. The van der Waals surface area contributed by atoms with Crippen LogP contribution < -0.4 is 0 Å². The fourth-order valence-corrected chi connectivity index (χ4v) is 6.42. The molecule has 4 heterocycles. The van der Waals surface area contributed by atoms with E-state index in [0.29, 0.717) is 33.8 Å². The molecule has 0 bridgehead atoms. The SMILES string of the molecule is CCCCc1cnc(S(C)(=O)=O)nc1-c1cn(S(=O)(=O)c2ccccc2)c2nc(-c3nccs3)ccc12. The molecule has 0 unspecified atom stereocenters. The van der Waals surface area contributed by atoms with E-state index in [1.807, 2.05) is 12.3 Å². The topological polar surface area (TPSA) is 125 Å². The van der Waals surface area contributed by atoms with Gasteiger partial charge < -0.3 is 0 Å². The molecule has 5 rings (SSSR count). The van der Waals surface area contributed by atoms with E-state index in [0.717, 1.165) is 28.6 Å². The normalized spacial score (nSPS) is 12.3. The molecule has 0 saturated heterocycles. The van der Waals surface area contributed by atoms with Crippen LogP contribution in [0.5, 0.6) is 0 Å². The quantitative estimate of drug-likeness (QED) is 0.255. The summed E-state index contributed by atoms with van der Waals surface area (Å²) in [6, 6.07) is 11.6. The standard InChI is InChI=1S/C25H23N5O4S3/c1-3-4-8-17-15-27-25(36(2,31)32)29-22(17)20-16-30(37(33,34)18-9-6-5-7-10-18)23-19(20)11-12-21(28-23)24-26-13-14-35-24/h5-7,9-16H,3-4,8H2,1-2H3. The molecule has 190 valence electrons. The molecule has 5 aromatic rings. The first-order valence-electron chi connectivity index (χ1n) is 11.5. The Morgan fingerprint density at radius 1 is 0.973 bits per heavy atom. The minimum atomic E-state index is -4.03. The molecule has 4 aromatic heterocycles. The van der Waals surface area contributed by atoms with Crippen molar-refractivity contribution in [1.29, 1.82) is 0 Å². The van der Waals surface area contributed by atoms with Crippen LogP contribution in [0.1, 0.15) is 25.3 Å². The molecular weight excluding hydrogens is 531 g/mol. The Kier molecular flexibility index (Phi) is 6.65. The third kappa shape index (κ3) is 4.79. The number of unbranched alkanes of at least 4 members (excludes halogenated alkanes) is 1. The van der Waals surface area contributed by atoms with Crippen molar-refractivity contribution in [2.45, 2.75) is 36.2 Å². The molecule has 0 fully saturated rings. The van der Waals surface area contributed by atoms with E-state index in [1.54, 1.807) is 36.5 Å². The zero-order valence-electron chi connectivity index (χ0n) is 20.1. The van der Waals surface area contributed by atoms with E-state index in [2.05, 4.69) is 19.9 Å². The second-order valence-electron chi connectivity index (χ2n) is 8.46. The average molecular weight is 554 g/mol. The summed E-state index contributed by atoms with van der Waals surface area (Å²) < 4.78 is 53.2. The molecule has 0 radical (unpaired) electrons. The molecule has 0 amide bonds. The lowest BCUT2D eigenvalue weighted by molar-refractivity contribution is 0.588. The van der Waals surface area contributed by atoms with Gasteiger partial charge in [0, 0.05) is 41.2 Å². The number of benzene rings is 1. The maximum Gasteiger partial charge on any atom is 0.269 e. The van der Waals surface area contributed by atoms with Crippen molar-refractivity contribution in [3.05, 3.63) is 72.0 Å². The van der Waals surface area contributed by atoms with Crippen LogP contribution in [0, 0.1) is 0 Å². The number of thiazole rings is 1. The lowest BCUT2D eigenvalue weighted by Gasteiger charge is -2.09. The summed E-state index contributed by atoms with van der Waals surface area (Å²) in [6.45, 7) is 2.05. The minimum absolute atomic E-state index is 0.102. The van der Waals surface area contributed by atoms with Gasteiger partial charge in [-0.2, -0.15) is 0 Å². The average Bonchev–Trinajstić information content (AvgIpc) is 3.56. The van der Waals surface area contributed by atoms with Gasteiger partial charge in [-0.3, -0.25) is 0 Å². The van der Waals surface area contributed by atoms with Gasteiger partial charge in [-0.25, -0.2) is 40.7 Å². The van der Waals surface area contributed by atoms with Gasteiger partial charge in [-0.05, 0) is 42.7 Å². The molecule has 9 nitrogen and oxygen atoms in total. The lowest BCUT2D eigenvalue weighted by Crippen LogP contribution is -2.12. The first kappa shape index (κ1) is 25.2. The molecule has 37 heavy (non-hydrogen) atoms. The van der Waals surface area contributed by atoms with Gasteiger partial charge in [0.1, 0.15) is 10.7 Å². The van der Waals surface area contributed by atoms with Crippen LogP contribution in [-0.2, 0) is 26.3 Å². The van der Waals surface area contributed by atoms with Crippen LogP contribution in [0.2, 0.25) is 0 Å². The van der Waals surface area contributed by atoms with E-state index < -0.39 is 19.9 Å². The highest BCUT2D eigenvalue weighted by atomic mass is 32.2. The van der Waals surface area contributed by atoms with E-state index in [9.17, 15) is 16.8 Å². The van der Waals surface area contributed by atoms with Crippen LogP contribution in [0.4, 0.5) is 0 Å². The zero-order chi connectivity index (χ0) is 26.2. The van der Waals surface area contributed by atoms with E-state index in [-0.39, 0.29) is 15.7 Å². The van der Waals surface area contributed by atoms with Crippen LogP contribution >= 0.6 is 11.3 Å². The minimum Gasteiger partial charge on any atom is -0.243 e. The number of rotatable bonds is 8. The van der Waals surface area contributed by atoms with Gasteiger partial charge in [0.25, 0.3) is 10.0 Å². The van der Waals surface area contributed by atoms with Gasteiger partial charge in [0.05, 0.1) is 10.6 Å². The van der Waals surface area contributed by atoms with E-state index in [1.165, 1.54) is 35.9 Å². The fourth-order valence-electron chi connectivity index (χ4n) is 3.97. The second-order valence-corrected chi connectivity index (χ2v) is 13.1. The van der Waals surface area contributed by atoms with Crippen LogP contribution in [0.25, 0.3) is 33.0 Å². The van der Waals surface area contributed by atoms with Crippen molar-refractivity contribution >= 4 is 42.2 Å². The number of aryl methyl sites for hydroxylation is 1. The maximum absolute atomic E-state index is 13.8. The summed E-state index contributed by atoms with van der Waals surface area (Å²) in [5.74, 6) is 0. The van der Waals surface area contributed by atoms with Crippen LogP contribution in [-0.4, -0.2) is 47.0 Å². The van der Waals surface area contributed by atoms with Gasteiger partial charge in [-0.15, -0.1) is 11.3 Å². The highest BCUT2D eigenvalue weighted by Gasteiger charge is 2.26. The Hall–Kier alpha value is -3.48. The van der Waals surface area contributed by atoms with Crippen LogP contribution in [0.15, 0.2) is 76.5 Å². The highest BCUT2D eigenvalue weighted by molar-refractivity contribution is 7.90. The molecule has 1 aromatic carbocycles. The third-order valence-electron chi connectivity index (χ3n) is 5.80. The molecule has 0 spiro atoms. The van der Waals surface area contributed by atoms with E-state index >= 15 is 0 Å².